The summed E-state index contributed by atoms with van der Waals surface area (Å²) in [6, 6.07) is 11.9. The number of morpholine rings is 1. The summed E-state index contributed by atoms with van der Waals surface area (Å²) < 4.78 is 11.3. The summed E-state index contributed by atoms with van der Waals surface area (Å²) in [5.41, 5.74) is 6.79. The van der Waals surface area contributed by atoms with Crippen molar-refractivity contribution in [3.63, 3.8) is 0 Å². The molecule has 2 aromatic carbocycles. The van der Waals surface area contributed by atoms with Gasteiger partial charge in [-0.15, -0.1) is 0 Å². The van der Waals surface area contributed by atoms with Gasteiger partial charge in [-0.1, -0.05) is 24.3 Å². The molecule has 3 rings (SSSR count). The Morgan fingerprint density at radius 2 is 1.80 bits per heavy atom. The Hall–Kier alpha value is -1.78. The van der Waals surface area contributed by atoms with Crippen LogP contribution in [0.2, 0.25) is 0 Å². The van der Waals surface area contributed by atoms with Crippen LogP contribution in [0.3, 0.4) is 0 Å². The lowest BCUT2D eigenvalue weighted by Crippen LogP contribution is -2.38. The van der Waals surface area contributed by atoms with Crippen LogP contribution in [0, 0.1) is 0 Å². The maximum Gasteiger partial charge on any atom is 0.127 e. The zero-order chi connectivity index (χ0) is 13.8. The van der Waals surface area contributed by atoms with Crippen LogP contribution in [0.4, 0.5) is 5.69 Å². The lowest BCUT2D eigenvalue weighted by Gasteiger charge is -2.26. The molecular formula is C16H20N2O2. The third kappa shape index (κ3) is 2.86. The highest BCUT2D eigenvalue weighted by molar-refractivity contribution is 5.96. The van der Waals surface area contributed by atoms with Crippen molar-refractivity contribution in [2.24, 2.45) is 0 Å². The lowest BCUT2D eigenvalue weighted by molar-refractivity contribution is 0.0323. The van der Waals surface area contributed by atoms with Gasteiger partial charge >= 0.3 is 0 Å². The van der Waals surface area contributed by atoms with Gasteiger partial charge in [0.25, 0.3) is 0 Å². The number of hydrogen-bond acceptors (Lipinski definition) is 4. The molecule has 4 nitrogen and oxygen atoms in total. The summed E-state index contributed by atoms with van der Waals surface area (Å²) in [7, 11) is 0. The standard InChI is InChI=1S/C16H20N2O2/c17-15-5-1-4-14-13(15)3-2-6-16(14)20-12-9-18-7-10-19-11-8-18/h1-6H,7-12,17H2. The molecule has 1 fully saturated rings. The van der Waals surface area contributed by atoms with Gasteiger partial charge in [0.1, 0.15) is 12.4 Å². The molecule has 0 radical (unpaired) electrons. The molecule has 0 saturated carbocycles. The van der Waals surface area contributed by atoms with Gasteiger partial charge in [0.2, 0.25) is 0 Å². The number of nitrogens with zero attached hydrogens (tertiary/aromatic N) is 1. The predicted molar refractivity (Wildman–Crippen MR) is 81.1 cm³/mol. The molecule has 2 aromatic rings. The molecule has 0 amide bonds. The van der Waals surface area contributed by atoms with Gasteiger partial charge in [-0.25, -0.2) is 0 Å². The molecule has 4 heteroatoms. The van der Waals surface area contributed by atoms with Crippen LogP contribution in [0.25, 0.3) is 10.8 Å². The highest BCUT2D eigenvalue weighted by atomic mass is 16.5. The third-order valence-corrected chi connectivity index (χ3v) is 3.68. The van der Waals surface area contributed by atoms with Gasteiger partial charge in [-0.3, -0.25) is 4.90 Å². The minimum atomic E-state index is 0.688. The topological polar surface area (TPSA) is 47.7 Å². The summed E-state index contributed by atoms with van der Waals surface area (Å²) >= 11 is 0. The Kier molecular flexibility index (Phi) is 4.04. The number of nitrogens with two attached hydrogens (primary N) is 1. The fraction of sp³-hybridized carbons (Fsp3) is 0.375. The molecule has 0 bridgehead atoms. The van der Waals surface area contributed by atoms with Crippen LogP contribution < -0.4 is 10.5 Å². The molecule has 1 saturated heterocycles. The number of benzene rings is 2. The number of nitrogen functional groups attached to an aromatic ring is 1. The van der Waals surface area contributed by atoms with Gasteiger partial charge in [0.15, 0.2) is 0 Å². The first-order valence-electron chi connectivity index (χ1n) is 7.05. The molecule has 1 aliphatic heterocycles. The van der Waals surface area contributed by atoms with E-state index < -0.39 is 0 Å². The van der Waals surface area contributed by atoms with E-state index in [0.29, 0.717) is 6.61 Å². The average molecular weight is 272 g/mol. The van der Waals surface area contributed by atoms with Crippen LogP contribution in [0.15, 0.2) is 36.4 Å². The van der Waals surface area contributed by atoms with Crippen molar-refractivity contribution in [3.8, 4) is 5.75 Å². The Labute approximate surface area is 119 Å². The molecule has 0 aromatic heterocycles. The van der Waals surface area contributed by atoms with Crippen molar-refractivity contribution in [1.29, 1.82) is 0 Å². The molecule has 0 aliphatic carbocycles. The van der Waals surface area contributed by atoms with E-state index in [2.05, 4.69) is 11.0 Å². The molecule has 0 unspecified atom stereocenters. The Bertz CT molecular complexity index is 580. The van der Waals surface area contributed by atoms with E-state index in [1.807, 2.05) is 30.3 Å². The first-order chi connectivity index (χ1) is 9.84. The van der Waals surface area contributed by atoms with Gasteiger partial charge in [-0.05, 0) is 12.1 Å². The van der Waals surface area contributed by atoms with E-state index in [1.54, 1.807) is 0 Å². The fourth-order valence-corrected chi connectivity index (χ4v) is 2.54. The number of ether oxygens (including phenoxy) is 2. The van der Waals surface area contributed by atoms with Crippen LogP contribution in [-0.4, -0.2) is 44.4 Å². The minimum Gasteiger partial charge on any atom is -0.492 e. The third-order valence-electron chi connectivity index (χ3n) is 3.68. The average Bonchev–Trinajstić information content (AvgIpc) is 2.49. The van der Waals surface area contributed by atoms with Crippen molar-refractivity contribution in [2.75, 3.05) is 45.2 Å². The number of anilines is 1. The molecule has 106 valence electrons. The smallest absolute Gasteiger partial charge is 0.127 e. The van der Waals surface area contributed by atoms with Gasteiger partial charge in [0, 0.05) is 36.1 Å². The van der Waals surface area contributed by atoms with E-state index in [1.165, 1.54) is 0 Å². The maximum absolute atomic E-state index is 5.99. The molecule has 2 N–H and O–H groups in total. The summed E-state index contributed by atoms with van der Waals surface area (Å²) in [4.78, 5) is 2.36. The molecule has 1 heterocycles. The van der Waals surface area contributed by atoms with Crippen LogP contribution in [-0.2, 0) is 4.74 Å². The van der Waals surface area contributed by atoms with Crippen molar-refractivity contribution in [3.05, 3.63) is 36.4 Å². The number of fused-ring (bicyclic) bond motifs is 1. The summed E-state index contributed by atoms with van der Waals surface area (Å²) in [5.74, 6) is 0.906. The lowest BCUT2D eigenvalue weighted by atomic mass is 10.1. The van der Waals surface area contributed by atoms with Gasteiger partial charge in [-0.2, -0.15) is 0 Å². The number of rotatable bonds is 4. The van der Waals surface area contributed by atoms with E-state index in [-0.39, 0.29) is 0 Å². The second-order valence-corrected chi connectivity index (χ2v) is 5.00. The highest BCUT2D eigenvalue weighted by Gasteiger charge is 2.10. The summed E-state index contributed by atoms with van der Waals surface area (Å²) in [5, 5.41) is 2.13. The van der Waals surface area contributed by atoms with Gasteiger partial charge in [0.05, 0.1) is 13.2 Å². The summed E-state index contributed by atoms with van der Waals surface area (Å²) in [6.07, 6.45) is 0. The number of hydrogen-bond donors (Lipinski definition) is 1. The monoisotopic (exact) mass is 272 g/mol. The van der Waals surface area contributed by atoms with E-state index in [4.69, 9.17) is 15.2 Å². The highest BCUT2D eigenvalue weighted by Crippen LogP contribution is 2.29. The second-order valence-electron chi connectivity index (χ2n) is 5.00. The molecule has 0 spiro atoms. The Morgan fingerprint density at radius 1 is 1.05 bits per heavy atom. The first kappa shape index (κ1) is 13.2. The Morgan fingerprint density at radius 3 is 2.65 bits per heavy atom. The quantitative estimate of drug-likeness (QED) is 0.866. The molecule has 1 aliphatic rings. The Balaban J connectivity index is 1.66. The van der Waals surface area contributed by atoms with Crippen LogP contribution >= 0.6 is 0 Å². The first-order valence-corrected chi connectivity index (χ1v) is 7.05. The van der Waals surface area contributed by atoms with E-state index in [0.717, 1.165) is 55.1 Å². The molecule has 0 atom stereocenters. The maximum atomic E-state index is 5.99. The molecular weight excluding hydrogens is 252 g/mol. The minimum absolute atomic E-state index is 0.688. The second kappa shape index (κ2) is 6.11. The van der Waals surface area contributed by atoms with Gasteiger partial charge < -0.3 is 15.2 Å². The molecule has 20 heavy (non-hydrogen) atoms. The zero-order valence-corrected chi connectivity index (χ0v) is 11.5. The van der Waals surface area contributed by atoms with Crippen molar-refractivity contribution in [1.82, 2.24) is 4.90 Å². The normalized spacial score (nSPS) is 16.4. The van der Waals surface area contributed by atoms with Crippen molar-refractivity contribution >= 4 is 16.5 Å². The largest absolute Gasteiger partial charge is 0.492 e. The van der Waals surface area contributed by atoms with E-state index in [9.17, 15) is 0 Å². The SMILES string of the molecule is Nc1cccc2c(OCCN3CCOCC3)cccc12. The van der Waals surface area contributed by atoms with Crippen molar-refractivity contribution in [2.45, 2.75) is 0 Å². The summed E-state index contributed by atoms with van der Waals surface area (Å²) in [6.45, 7) is 5.25. The zero-order valence-electron chi connectivity index (χ0n) is 11.5. The van der Waals surface area contributed by atoms with Crippen LogP contribution in [0.5, 0.6) is 5.75 Å². The fourth-order valence-electron chi connectivity index (χ4n) is 2.54. The van der Waals surface area contributed by atoms with Crippen molar-refractivity contribution < 1.29 is 9.47 Å². The van der Waals surface area contributed by atoms with Crippen LogP contribution in [0.1, 0.15) is 0 Å². The van der Waals surface area contributed by atoms with E-state index >= 15 is 0 Å². The predicted octanol–water partition coefficient (Wildman–Crippen LogP) is 2.13.